The van der Waals surface area contributed by atoms with Gasteiger partial charge in [-0.05, 0) is 59.2 Å². The Balaban J connectivity index is 1.41. The molecule has 5 aromatic rings. The van der Waals surface area contributed by atoms with Gasteiger partial charge in [-0.2, -0.15) is 8.42 Å². The van der Waals surface area contributed by atoms with Crippen molar-refractivity contribution >= 4 is 63.1 Å². The lowest BCUT2D eigenvalue weighted by atomic mass is 10.0. The van der Waals surface area contributed by atoms with Crippen LogP contribution in [-0.4, -0.2) is 41.5 Å². The number of nitrogens with zero attached hydrogens (tertiary/aromatic N) is 3. The first-order chi connectivity index (χ1) is 21.6. The van der Waals surface area contributed by atoms with Gasteiger partial charge in [-0.1, -0.05) is 83.9 Å². The third kappa shape index (κ3) is 6.48. The number of imidazole rings is 1. The zero-order valence-electron chi connectivity index (χ0n) is 23.4. The summed E-state index contributed by atoms with van der Waals surface area (Å²) in [6.45, 7) is 0.0569. The lowest BCUT2D eigenvalue weighted by Gasteiger charge is -2.19. The number of hydrogen-bond acceptors (Lipinski definition) is 5. The molecule has 2 heterocycles. The molecule has 0 aliphatic carbocycles. The first-order valence-corrected chi connectivity index (χ1v) is 15.8. The molecule has 9 nitrogen and oxygen atoms in total. The van der Waals surface area contributed by atoms with Gasteiger partial charge in [0.25, 0.3) is 5.91 Å². The molecule has 0 bridgehead atoms. The minimum Gasteiger partial charge on any atom is -0.478 e. The van der Waals surface area contributed by atoms with E-state index >= 15 is 0 Å². The fourth-order valence-electron chi connectivity index (χ4n) is 5.02. The van der Waals surface area contributed by atoms with E-state index < -0.39 is 22.1 Å². The molecule has 0 spiro atoms. The average Bonchev–Trinajstić information content (AvgIpc) is 3.54. The van der Waals surface area contributed by atoms with Crippen LogP contribution in [0.2, 0.25) is 10.0 Å². The van der Waals surface area contributed by atoms with Crippen LogP contribution in [0.1, 0.15) is 27.3 Å². The number of carboxylic acid groups (broad SMARTS) is 1. The number of carbonyl (C=O) groups is 2. The number of rotatable bonds is 8. The number of anilines is 1. The minimum absolute atomic E-state index is 0.185. The summed E-state index contributed by atoms with van der Waals surface area (Å²) < 4.78 is 30.7. The van der Waals surface area contributed by atoms with E-state index in [9.17, 15) is 23.1 Å². The number of aromatic carboxylic acids is 1. The zero-order chi connectivity index (χ0) is 31.7. The van der Waals surface area contributed by atoms with E-state index in [-0.39, 0.29) is 12.1 Å². The third-order valence-electron chi connectivity index (χ3n) is 7.19. The number of nitrogens with one attached hydrogen (secondary N) is 1. The van der Waals surface area contributed by atoms with Crippen LogP contribution in [0.4, 0.5) is 5.69 Å². The lowest BCUT2D eigenvalue weighted by Crippen LogP contribution is -2.29. The normalized spacial score (nSPS) is 14.2. The van der Waals surface area contributed by atoms with E-state index in [4.69, 9.17) is 28.2 Å². The maximum Gasteiger partial charge on any atom is 0.335 e. The van der Waals surface area contributed by atoms with Gasteiger partial charge in [-0.3, -0.25) is 4.79 Å². The van der Waals surface area contributed by atoms with Crippen molar-refractivity contribution in [2.75, 3.05) is 10.8 Å². The molecule has 1 saturated heterocycles. The van der Waals surface area contributed by atoms with E-state index in [1.165, 1.54) is 0 Å². The van der Waals surface area contributed by atoms with Gasteiger partial charge in [-0.15, -0.1) is 0 Å². The minimum atomic E-state index is -4.05. The van der Waals surface area contributed by atoms with Crippen molar-refractivity contribution in [2.24, 2.45) is 0 Å². The van der Waals surface area contributed by atoms with Crippen LogP contribution in [0.25, 0.3) is 34.5 Å². The molecule has 1 fully saturated rings. The Kier molecular flexibility index (Phi) is 8.20. The molecule has 0 saturated carbocycles. The summed E-state index contributed by atoms with van der Waals surface area (Å²) >= 11 is 12.6. The van der Waals surface area contributed by atoms with Gasteiger partial charge in [0.2, 0.25) is 0 Å². The molecule has 45 heavy (non-hydrogen) atoms. The van der Waals surface area contributed by atoms with Crippen LogP contribution in [0, 0.1) is 0 Å². The molecule has 1 aliphatic heterocycles. The van der Waals surface area contributed by atoms with Crippen LogP contribution >= 0.6 is 23.2 Å². The predicted molar refractivity (Wildman–Crippen MR) is 175 cm³/mol. The number of amides is 1. The standard InChI is InChI=1S/C33H24Cl2N4O5S/c34-25-12-14-27(28(35)17-25)29-19-38(18-22-6-10-24(11-7-22)33(41)42)31(36-29)15-9-21-8-13-26(23-4-2-1-3-5-23)30(16-21)39-20-32(40)37-45(39,43)44/h1-17,19H,18,20H2,(H,37,40)(H,41,42)/b15-9+. The Bertz CT molecular complexity index is 2080. The molecule has 1 aromatic heterocycles. The number of hydrogen-bond donors (Lipinski definition) is 2. The van der Waals surface area contributed by atoms with Gasteiger partial charge < -0.3 is 9.67 Å². The molecular weight excluding hydrogens is 635 g/mol. The Morgan fingerprint density at radius 1 is 0.933 bits per heavy atom. The summed E-state index contributed by atoms with van der Waals surface area (Å²) in [4.78, 5) is 28.2. The Hall–Kier alpha value is -4.90. The monoisotopic (exact) mass is 658 g/mol. The highest BCUT2D eigenvalue weighted by Gasteiger charge is 2.35. The number of carbonyl (C=O) groups excluding carboxylic acids is 1. The highest BCUT2D eigenvalue weighted by atomic mass is 35.5. The molecular formula is C33H24Cl2N4O5S. The maximum atomic E-state index is 12.8. The molecule has 226 valence electrons. The summed E-state index contributed by atoms with van der Waals surface area (Å²) in [7, 11) is -4.05. The third-order valence-corrected chi connectivity index (χ3v) is 9.13. The number of aromatic nitrogens is 2. The molecule has 1 amide bonds. The van der Waals surface area contributed by atoms with E-state index in [1.807, 2.05) is 58.0 Å². The van der Waals surface area contributed by atoms with Crippen molar-refractivity contribution in [3.8, 4) is 22.4 Å². The molecule has 0 unspecified atom stereocenters. The SMILES string of the molecule is O=C1CN(c2cc(/C=C/c3nc(-c4ccc(Cl)cc4Cl)cn3Cc3ccc(C(=O)O)cc3)ccc2-c2ccccc2)S(=O)(=O)N1. The fraction of sp³-hybridized carbons (Fsp3) is 0.0606. The van der Waals surface area contributed by atoms with Crippen molar-refractivity contribution in [3.05, 3.63) is 130 Å². The van der Waals surface area contributed by atoms with E-state index in [2.05, 4.69) is 0 Å². The van der Waals surface area contributed by atoms with Gasteiger partial charge in [0.1, 0.15) is 12.4 Å². The Labute approximate surface area is 269 Å². The molecule has 1 aliphatic rings. The van der Waals surface area contributed by atoms with Crippen LogP contribution in [0.3, 0.4) is 0 Å². The summed E-state index contributed by atoms with van der Waals surface area (Å²) in [5, 5.41) is 10.2. The topological polar surface area (TPSA) is 122 Å². The van der Waals surface area contributed by atoms with Gasteiger partial charge in [-0.25, -0.2) is 18.8 Å². The number of benzene rings is 4. The van der Waals surface area contributed by atoms with Crippen molar-refractivity contribution in [2.45, 2.75) is 6.54 Å². The van der Waals surface area contributed by atoms with Crippen molar-refractivity contribution in [1.29, 1.82) is 0 Å². The quantitative estimate of drug-likeness (QED) is 0.193. The van der Waals surface area contributed by atoms with Gasteiger partial charge in [0.15, 0.2) is 0 Å². The smallest absolute Gasteiger partial charge is 0.335 e. The molecule has 0 atom stereocenters. The fourth-order valence-corrected chi connectivity index (χ4v) is 6.68. The summed E-state index contributed by atoms with van der Waals surface area (Å²) in [5.41, 5.74) is 4.80. The molecule has 2 N–H and O–H groups in total. The number of carboxylic acids is 1. The van der Waals surface area contributed by atoms with Crippen molar-refractivity contribution in [1.82, 2.24) is 14.3 Å². The molecule has 0 radical (unpaired) electrons. The first-order valence-electron chi connectivity index (χ1n) is 13.6. The van der Waals surface area contributed by atoms with E-state index in [0.717, 1.165) is 15.4 Å². The van der Waals surface area contributed by atoms with Crippen LogP contribution in [0.5, 0.6) is 0 Å². The largest absolute Gasteiger partial charge is 0.478 e. The summed E-state index contributed by atoms with van der Waals surface area (Å²) in [5.74, 6) is -1.05. The van der Waals surface area contributed by atoms with Gasteiger partial charge in [0, 0.05) is 28.9 Å². The van der Waals surface area contributed by atoms with Crippen LogP contribution < -0.4 is 9.03 Å². The first kappa shape index (κ1) is 30.1. The number of halogens is 2. The second-order valence-electron chi connectivity index (χ2n) is 10.3. The Morgan fingerprint density at radius 2 is 1.67 bits per heavy atom. The van der Waals surface area contributed by atoms with Crippen LogP contribution in [0.15, 0.2) is 97.2 Å². The van der Waals surface area contributed by atoms with Gasteiger partial charge in [0.05, 0.1) is 22.0 Å². The second-order valence-corrected chi connectivity index (χ2v) is 12.7. The van der Waals surface area contributed by atoms with Crippen molar-refractivity contribution in [3.63, 3.8) is 0 Å². The predicted octanol–water partition coefficient (Wildman–Crippen LogP) is 6.62. The highest BCUT2D eigenvalue weighted by molar-refractivity contribution is 7.92. The maximum absolute atomic E-state index is 12.8. The average molecular weight is 660 g/mol. The molecule has 12 heteroatoms. The van der Waals surface area contributed by atoms with Crippen molar-refractivity contribution < 1.29 is 23.1 Å². The summed E-state index contributed by atoms with van der Waals surface area (Å²) in [6, 6.07) is 26.4. The van der Waals surface area contributed by atoms with Crippen LogP contribution in [-0.2, 0) is 21.5 Å². The lowest BCUT2D eigenvalue weighted by molar-refractivity contribution is -0.117. The second kappa shape index (κ2) is 12.2. The van der Waals surface area contributed by atoms with Gasteiger partial charge >= 0.3 is 16.2 Å². The molecule has 6 rings (SSSR count). The van der Waals surface area contributed by atoms with E-state index in [0.29, 0.717) is 50.5 Å². The van der Waals surface area contributed by atoms with E-state index in [1.54, 1.807) is 60.7 Å². The highest BCUT2D eigenvalue weighted by Crippen LogP contribution is 2.35. The Morgan fingerprint density at radius 3 is 2.33 bits per heavy atom. The zero-order valence-corrected chi connectivity index (χ0v) is 25.7. The molecule has 4 aromatic carbocycles. The summed E-state index contributed by atoms with van der Waals surface area (Å²) in [6.07, 6.45) is 5.44.